The minimum Gasteiger partial charge on any atom is -0.497 e. The summed E-state index contributed by atoms with van der Waals surface area (Å²) in [4.78, 5) is 13.5. The summed E-state index contributed by atoms with van der Waals surface area (Å²) in [6.45, 7) is 2.21. The Bertz CT molecular complexity index is 1480. The number of carbonyl (C=O) groups is 1. The van der Waals surface area contributed by atoms with Crippen LogP contribution in [0.1, 0.15) is 20.8 Å². The topological polar surface area (TPSA) is 84.9 Å². The number of hydrogen-bond acceptors (Lipinski definition) is 6. The minimum atomic E-state index is -3.53. The van der Waals surface area contributed by atoms with Crippen LogP contribution in [0.3, 0.4) is 0 Å². The second kappa shape index (κ2) is 9.97. The van der Waals surface area contributed by atoms with Crippen molar-refractivity contribution in [3.8, 4) is 11.5 Å². The van der Waals surface area contributed by atoms with Crippen LogP contribution in [0.5, 0.6) is 11.5 Å². The number of rotatable bonds is 8. The third-order valence-corrected chi connectivity index (χ3v) is 7.77. The number of sulfonamides is 1. The van der Waals surface area contributed by atoms with Crippen molar-refractivity contribution >= 4 is 48.7 Å². The van der Waals surface area contributed by atoms with Crippen molar-refractivity contribution in [1.29, 1.82) is 0 Å². The van der Waals surface area contributed by atoms with Gasteiger partial charge in [-0.3, -0.25) is 9.10 Å². The number of fused-ring (bicyclic) bond motifs is 1. The van der Waals surface area contributed by atoms with Crippen molar-refractivity contribution in [2.24, 2.45) is 0 Å². The Balaban J connectivity index is 1.63. The second-order valence-electron chi connectivity index (χ2n) is 8.11. The third kappa shape index (κ3) is 5.58. The Morgan fingerprint density at radius 3 is 2.37 bits per heavy atom. The van der Waals surface area contributed by atoms with Crippen LogP contribution >= 0.6 is 11.3 Å². The molecule has 0 saturated heterocycles. The predicted molar refractivity (Wildman–Crippen MR) is 142 cm³/mol. The zero-order chi connectivity index (χ0) is 25.2. The number of nitrogens with zero attached hydrogens (tertiary/aromatic N) is 1. The molecule has 0 radical (unpaired) electrons. The van der Waals surface area contributed by atoms with Crippen molar-refractivity contribution in [1.82, 2.24) is 0 Å². The van der Waals surface area contributed by atoms with Gasteiger partial charge in [-0.15, -0.1) is 11.3 Å². The average Bonchev–Trinajstić information content (AvgIpc) is 3.26. The molecule has 3 aromatic carbocycles. The summed E-state index contributed by atoms with van der Waals surface area (Å²) in [6, 6.07) is 20.1. The highest BCUT2D eigenvalue weighted by Gasteiger charge is 2.20. The molecule has 0 aliphatic heterocycles. The van der Waals surface area contributed by atoms with Gasteiger partial charge in [0, 0.05) is 10.8 Å². The Kier molecular flexibility index (Phi) is 7.00. The molecule has 0 aliphatic carbocycles. The molecule has 1 amide bonds. The number of nitrogens with one attached hydrogen (secondary N) is 1. The summed E-state index contributed by atoms with van der Waals surface area (Å²) in [7, 11) is -0.446. The average molecular weight is 511 g/mol. The number of carbonyl (C=O) groups excluding carboxylic acids is 1. The Morgan fingerprint density at radius 1 is 0.971 bits per heavy atom. The van der Waals surface area contributed by atoms with E-state index in [0.29, 0.717) is 27.8 Å². The number of benzene rings is 3. The normalized spacial score (nSPS) is 11.3. The van der Waals surface area contributed by atoms with Gasteiger partial charge in [0.05, 0.1) is 43.3 Å². The van der Waals surface area contributed by atoms with E-state index in [9.17, 15) is 13.2 Å². The maximum atomic E-state index is 13.0. The number of thiophene rings is 1. The number of amides is 1. The molecule has 0 spiro atoms. The van der Waals surface area contributed by atoms with E-state index in [0.717, 1.165) is 21.2 Å². The molecule has 0 saturated carbocycles. The van der Waals surface area contributed by atoms with Crippen LogP contribution in [0.25, 0.3) is 10.1 Å². The quantitative estimate of drug-likeness (QED) is 0.341. The number of anilines is 2. The number of ether oxygens (including phenoxy) is 2. The standard InChI is InChI=1S/C26H26N2O5S2/c1-17-5-7-18(8-6-17)16-28(35(4,30)31)20-9-12-24-19(13-20)14-25(34-24)26(29)27-22-15-21(32-2)10-11-23(22)33-3/h5-15H,16H2,1-4H3,(H,27,29). The lowest BCUT2D eigenvalue weighted by Crippen LogP contribution is -2.29. The van der Waals surface area contributed by atoms with Gasteiger partial charge < -0.3 is 14.8 Å². The molecular formula is C26H26N2O5S2. The first kappa shape index (κ1) is 24.6. The third-order valence-electron chi connectivity index (χ3n) is 5.51. The molecule has 1 aromatic heterocycles. The van der Waals surface area contributed by atoms with E-state index in [1.807, 2.05) is 37.3 Å². The molecule has 1 heterocycles. The minimum absolute atomic E-state index is 0.220. The van der Waals surface area contributed by atoms with E-state index < -0.39 is 10.0 Å². The van der Waals surface area contributed by atoms with Crippen LogP contribution in [0.4, 0.5) is 11.4 Å². The van der Waals surface area contributed by atoms with Gasteiger partial charge in [-0.25, -0.2) is 8.42 Å². The summed E-state index contributed by atoms with van der Waals surface area (Å²) in [5.74, 6) is 0.818. The SMILES string of the molecule is COc1ccc(OC)c(NC(=O)c2cc3cc(N(Cc4ccc(C)cc4)S(C)(=O)=O)ccc3s2)c1. The van der Waals surface area contributed by atoms with Crippen molar-refractivity contribution in [3.05, 3.63) is 82.7 Å². The largest absolute Gasteiger partial charge is 0.497 e. The van der Waals surface area contributed by atoms with Gasteiger partial charge >= 0.3 is 0 Å². The summed E-state index contributed by atoms with van der Waals surface area (Å²) in [5.41, 5.74) is 3.03. The zero-order valence-electron chi connectivity index (χ0n) is 19.9. The van der Waals surface area contributed by atoms with Gasteiger partial charge in [0.15, 0.2) is 0 Å². The molecule has 0 fully saturated rings. The summed E-state index contributed by atoms with van der Waals surface area (Å²) >= 11 is 1.33. The highest BCUT2D eigenvalue weighted by Crippen LogP contribution is 2.33. The van der Waals surface area contributed by atoms with Crippen molar-refractivity contribution in [3.63, 3.8) is 0 Å². The molecule has 0 atom stereocenters. The van der Waals surface area contributed by atoms with E-state index in [2.05, 4.69) is 5.32 Å². The van der Waals surface area contributed by atoms with Gasteiger partial charge in [-0.2, -0.15) is 0 Å². The van der Waals surface area contributed by atoms with Gasteiger partial charge in [0.25, 0.3) is 5.91 Å². The van der Waals surface area contributed by atoms with Crippen LogP contribution in [-0.4, -0.2) is 34.8 Å². The van der Waals surface area contributed by atoms with E-state index in [1.54, 1.807) is 43.5 Å². The summed E-state index contributed by atoms with van der Waals surface area (Å²) < 4.78 is 38.1. The van der Waals surface area contributed by atoms with Crippen LogP contribution in [0.15, 0.2) is 66.7 Å². The van der Waals surface area contributed by atoms with Crippen LogP contribution in [0, 0.1) is 6.92 Å². The molecular weight excluding hydrogens is 484 g/mol. The maximum absolute atomic E-state index is 13.0. The first-order chi connectivity index (χ1) is 16.7. The van der Waals surface area contributed by atoms with Gasteiger partial charge in [-0.1, -0.05) is 29.8 Å². The summed E-state index contributed by atoms with van der Waals surface area (Å²) in [5, 5.41) is 3.66. The van der Waals surface area contributed by atoms with Gasteiger partial charge in [0.2, 0.25) is 10.0 Å². The first-order valence-electron chi connectivity index (χ1n) is 10.8. The maximum Gasteiger partial charge on any atom is 0.265 e. The molecule has 0 aliphatic rings. The number of aryl methyl sites for hydroxylation is 1. The van der Waals surface area contributed by atoms with E-state index in [4.69, 9.17) is 9.47 Å². The van der Waals surface area contributed by atoms with Crippen molar-refractivity contribution < 1.29 is 22.7 Å². The first-order valence-corrected chi connectivity index (χ1v) is 13.4. The van der Waals surface area contributed by atoms with Crippen LogP contribution in [0.2, 0.25) is 0 Å². The highest BCUT2D eigenvalue weighted by molar-refractivity contribution is 7.92. The Hall–Kier alpha value is -3.56. The fourth-order valence-electron chi connectivity index (χ4n) is 3.65. The molecule has 4 rings (SSSR count). The molecule has 0 unspecified atom stereocenters. The van der Waals surface area contributed by atoms with E-state index in [-0.39, 0.29) is 12.5 Å². The Morgan fingerprint density at radius 2 is 1.71 bits per heavy atom. The fourth-order valence-corrected chi connectivity index (χ4v) is 5.47. The predicted octanol–water partition coefficient (Wildman–Crippen LogP) is 5.45. The number of hydrogen-bond donors (Lipinski definition) is 1. The van der Waals surface area contributed by atoms with Crippen molar-refractivity contribution in [2.45, 2.75) is 13.5 Å². The van der Waals surface area contributed by atoms with Gasteiger partial charge in [0.1, 0.15) is 11.5 Å². The molecule has 9 heteroatoms. The lowest BCUT2D eigenvalue weighted by molar-refractivity contribution is 0.103. The molecule has 35 heavy (non-hydrogen) atoms. The lowest BCUT2D eigenvalue weighted by Gasteiger charge is -2.22. The van der Waals surface area contributed by atoms with Gasteiger partial charge in [-0.05, 0) is 54.3 Å². The second-order valence-corrected chi connectivity index (χ2v) is 11.1. The highest BCUT2D eigenvalue weighted by atomic mass is 32.2. The van der Waals surface area contributed by atoms with Crippen LogP contribution in [-0.2, 0) is 16.6 Å². The zero-order valence-corrected chi connectivity index (χ0v) is 21.5. The molecule has 7 nitrogen and oxygen atoms in total. The monoisotopic (exact) mass is 510 g/mol. The molecule has 4 aromatic rings. The Labute approximate surface area is 209 Å². The molecule has 0 bridgehead atoms. The number of methoxy groups -OCH3 is 2. The fraction of sp³-hybridized carbons (Fsp3) is 0.192. The smallest absolute Gasteiger partial charge is 0.265 e. The molecule has 182 valence electrons. The summed E-state index contributed by atoms with van der Waals surface area (Å²) in [6.07, 6.45) is 1.19. The molecule has 1 N–H and O–H groups in total. The lowest BCUT2D eigenvalue weighted by atomic mass is 10.1. The van der Waals surface area contributed by atoms with Crippen molar-refractivity contribution in [2.75, 3.05) is 30.1 Å². The van der Waals surface area contributed by atoms with Crippen LogP contribution < -0.4 is 19.1 Å². The van der Waals surface area contributed by atoms with E-state index in [1.165, 1.54) is 29.0 Å². The van der Waals surface area contributed by atoms with E-state index >= 15 is 0 Å².